The third-order valence-corrected chi connectivity index (χ3v) is 1.74. The van der Waals surface area contributed by atoms with Gasteiger partial charge in [-0.25, -0.2) is 4.79 Å². The van der Waals surface area contributed by atoms with Crippen molar-refractivity contribution in [1.82, 2.24) is 9.78 Å². The number of aryl methyl sites for hydroxylation is 1. The van der Waals surface area contributed by atoms with Gasteiger partial charge in [-0.2, -0.15) is 5.10 Å². The fraction of sp³-hybridized carbons (Fsp3) is 0.333. The predicted octanol–water partition coefficient (Wildman–Crippen LogP) is 0.382. The standard InChI is InChI=1S/C9H10N2O2/c1-4-5-8-7(9(12)13-3)6-10-11(8)2/h1,6H,5H2,2-3H3. The molecule has 4 heteroatoms. The van der Waals surface area contributed by atoms with Crippen LogP contribution in [0.25, 0.3) is 0 Å². The molecule has 0 atom stereocenters. The van der Waals surface area contributed by atoms with Crippen molar-refractivity contribution in [3.8, 4) is 12.3 Å². The Kier molecular flexibility index (Phi) is 2.70. The normalized spacial score (nSPS) is 9.31. The van der Waals surface area contributed by atoms with E-state index in [1.807, 2.05) is 0 Å². The smallest absolute Gasteiger partial charge is 0.341 e. The van der Waals surface area contributed by atoms with Crippen LogP contribution in [0.2, 0.25) is 0 Å². The third kappa shape index (κ3) is 1.70. The van der Waals surface area contributed by atoms with Gasteiger partial charge in [0.2, 0.25) is 0 Å². The van der Waals surface area contributed by atoms with Crippen molar-refractivity contribution in [2.24, 2.45) is 7.05 Å². The summed E-state index contributed by atoms with van der Waals surface area (Å²) in [7, 11) is 3.06. The maximum absolute atomic E-state index is 11.2. The highest BCUT2D eigenvalue weighted by molar-refractivity contribution is 5.90. The van der Waals surface area contributed by atoms with Crippen LogP contribution in [0.15, 0.2) is 6.20 Å². The Labute approximate surface area is 76.5 Å². The summed E-state index contributed by atoms with van der Waals surface area (Å²) >= 11 is 0. The van der Waals surface area contributed by atoms with E-state index >= 15 is 0 Å². The molecule has 1 heterocycles. The monoisotopic (exact) mass is 178 g/mol. The molecule has 0 fully saturated rings. The molecule has 0 saturated carbocycles. The van der Waals surface area contributed by atoms with E-state index in [-0.39, 0.29) is 0 Å². The average Bonchev–Trinajstić information content (AvgIpc) is 2.48. The largest absolute Gasteiger partial charge is 0.465 e. The Balaban J connectivity index is 3.08. The number of ether oxygens (including phenoxy) is 1. The first-order valence-electron chi connectivity index (χ1n) is 3.73. The molecule has 0 aliphatic rings. The lowest BCUT2D eigenvalue weighted by Gasteiger charge is -2.00. The lowest BCUT2D eigenvalue weighted by atomic mass is 10.2. The van der Waals surface area contributed by atoms with Gasteiger partial charge in [0, 0.05) is 7.05 Å². The van der Waals surface area contributed by atoms with E-state index in [9.17, 15) is 4.79 Å². The van der Waals surface area contributed by atoms with E-state index in [4.69, 9.17) is 6.42 Å². The van der Waals surface area contributed by atoms with Crippen molar-refractivity contribution in [2.45, 2.75) is 6.42 Å². The Morgan fingerprint density at radius 1 is 1.85 bits per heavy atom. The van der Waals surface area contributed by atoms with Crippen LogP contribution in [0.3, 0.4) is 0 Å². The van der Waals surface area contributed by atoms with Gasteiger partial charge in [0.1, 0.15) is 5.56 Å². The zero-order chi connectivity index (χ0) is 9.84. The molecule has 0 N–H and O–H groups in total. The highest BCUT2D eigenvalue weighted by atomic mass is 16.5. The number of hydrogen-bond acceptors (Lipinski definition) is 3. The van der Waals surface area contributed by atoms with Crippen molar-refractivity contribution in [2.75, 3.05) is 7.11 Å². The van der Waals surface area contributed by atoms with Crippen molar-refractivity contribution in [3.05, 3.63) is 17.5 Å². The fourth-order valence-corrected chi connectivity index (χ4v) is 1.05. The minimum atomic E-state index is -0.404. The van der Waals surface area contributed by atoms with Gasteiger partial charge in [-0.05, 0) is 0 Å². The summed E-state index contributed by atoms with van der Waals surface area (Å²) < 4.78 is 6.15. The van der Waals surface area contributed by atoms with Crippen molar-refractivity contribution in [1.29, 1.82) is 0 Å². The second kappa shape index (κ2) is 3.76. The lowest BCUT2D eigenvalue weighted by Crippen LogP contribution is -2.06. The number of nitrogens with zero attached hydrogens (tertiary/aromatic N) is 2. The maximum Gasteiger partial charge on any atom is 0.341 e. The molecule has 0 aliphatic heterocycles. The molecule has 0 aromatic carbocycles. The summed E-state index contributed by atoms with van der Waals surface area (Å²) in [5.41, 5.74) is 1.14. The highest BCUT2D eigenvalue weighted by Crippen LogP contribution is 2.08. The molecule has 0 unspecified atom stereocenters. The summed E-state index contributed by atoms with van der Waals surface area (Å²) in [5.74, 6) is 2.06. The highest BCUT2D eigenvalue weighted by Gasteiger charge is 2.14. The molecule has 0 aliphatic carbocycles. The first kappa shape index (κ1) is 9.33. The van der Waals surface area contributed by atoms with Gasteiger partial charge in [-0.15, -0.1) is 12.3 Å². The van der Waals surface area contributed by atoms with Crippen LogP contribution >= 0.6 is 0 Å². The number of aromatic nitrogens is 2. The summed E-state index contributed by atoms with van der Waals surface area (Å²) in [6.07, 6.45) is 6.99. The number of carbonyl (C=O) groups is 1. The van der Waals surface area contributed by atoms with E-state index in [2.05, 4.69) is 15.8 Å². The molecule has 0 saturated heterocycles. The molecule has 4 nitrogen and oxygen atoms in total. The molecule has 1 aromatic rings. The Bertz CT molecular complexity index is 360. The van der Waals surface area contributed by atoms with E-state index < -0.39 is 5.97 Å². The maximum atomic E-state index is 11.2. The van der Waals surface area contributed by atoms with Crippen molar-refractivity contribution in [3.63, 3.8) is 0 Å². The van der Waals surface area contributed by atoms with Crippen LogP contribution in [0.4, 0.5) is 0 Å². The van der Waals surface area contributed by atoms with Gasteiger partial charge in [-0.3, -0.25) is 4.68 Å². The Hall–Kier alpha value is -1.76. The lowest BCUT2D eigenvalue weighted by molar-refractivity contribution is 0.0599. The fourth-order valence-electron chi connectivity index (χ4n) is 1.05. The van der Waals surface area contributed by atoms with Crippen LogP contribution in [0.1, 0.15) is 16.1 Å². The van der Waals surface area contributed by atoms with E-state index in [0.29, 0.717) is 17.7 Å². The summed E-state index contributed by atoms with van der Waals surface area (Å²) in [6.45, 7) is 0. The van der Waals surface area contributed by atoms with Gasteiger partial charge in [-0.1, -0.05) is 0 Å². The number of terminal acetylenes is 1. The van der Waals surface area contributed by atoms with Gasteiger partial charge < -0.3 is 4.74 Å². The van der Waals surface area contributed by atoms with Crippen molar-refractivity contribution >= 4 is 5.97 Å². The molecule has 1 aromatic heterocycles. The van der Waals surface area contributed by atoms with Crippen LogP contribution in [0, 0.1) is 12.3 Å². The SMILES string of the molecule is C#CCc1c(C(=O)OC)cnn1C. The van der Waals surface area contributed by atoms with Crippen LogP contribution in [-0.4, -0.2) is 22.9 Å². The zero-order valence-electron chi connectivity index (χ0n) is 7.57. The minimum Gasteiger partial charge on any atom is -0.465 e. The van der Waals surface area contributed by atoms with Crippen LogP contribution in [-0.2, 0) is 18.2 Å². The Morgan fingerprint density at radius 2 is 2.54 bits per heavy atom. The van der Waals surface area contributed by atoms with E-state index in [1.54, 1.807) is 11.7 Å². The molecule has 0 spiro atoms. The molecular formula is C9H10N2O2. The topological polar surface area (TPSA) is 44.1 Å². The van der Waals surface area contributed by atoms with Gasteiger partial charge in [0.25, 0.3) is 0 Å². The first-order chi connectivity index (χ1) is 6.20. The molecule has 13 heavy (non-hydrogen) atoms. The molecule has 0 amide bonds. The van der Waals surface area contributed by atoms with Gasteiger partial charge in [0.15, 0.2) is 0 Å². The average molecular weight is 178 g/mol. The summed E-state index contributed by atoms with van der Waals surface area (Å²) in [6, 6.07) is 0. The van der Waals surface area contributed by atoms with Crippen LogP contribution in [0.5, 0.6) is 0 Å². The first-order valence-corrected chi connectivity index (χ1v) is 3.73. The molecular weight excluding hydrogens is 168 g/mol. The van der Waals surface area contributed by atoms with Crippen molar-refractivity contribution < 1.29 is 9.53 Å². The van der Waals surface area contributed by atoms with E-state index in [0.717, 1.165) is 0 Å². The number of esters is 1. The number of hydrogen-bond donors (Lipinski definition) is 0. The third-order valence-electron chi connectivity index (χ3n) is 1.74. The molecule has 0 bridgehead atoms. The summed E-state index contributed by atoms with van der Waals surface area (Å²) in [5, 5.41) is 3.92. The summed E-state index contributed by atoms with van der Waals surface area (Å²) in [4.78, 5) is 11.2. The second-order valence-corrected chi connectivity index (χ2v) is 2.50. The molecule has 1 rings (SSSR count). The van der Waals surface area contributed by atoms with Gasteiger partial charge in [0.05, 0.1) is 25.4 Å². The number of methoxy groups -OCH3 is 1. The number of rotatable bonds is 2. The minimum absolute atomic E-state index is 0.376. The van der Waals surface area contributed by atoms with Crippen LogP contribution < -0.4 is 0 Å². The second-order valence-electron chi connectivity index (χ2n) is 2.50. The zero-order valence-corrected chi connectivity index (χ0v) is 7.57. The van der Waals surface area contributed by atoms with Gasteiger partial charge >= 0.3 is 5.97 Å². The van der Waals surface area contributed by atoms with E-state index in [1.165, 1.54) is 13.3 Å². The molecule has 68 valence electrons. The molecule has 0 radical (unpaired) electrons. The number of carbonyl (C=O) groups excluding carboxylic acids is 1. The quantitative estimate of drug-likeness (QED) is 0.486. The predicted molar refractivity (Wildman–Crippen MR) is 47.1 cm³/mol. The Morgan fingerprint density at radius 3 is 3.08 bits per heavy atom.